The fourth-order valence-corrected chi connectivity index (χ4v) is 8.74. The first kappa shape index (κ1) is 59.1. The zero-order valence-corrected chi connectivity index (χ0v) is 40.3. The van der Waals surface area contributed by atoms with Crippen molar-refractivity contribution in [3.05, 3.63) is 0 Å². The maximum Gasteiger partial charge on any atom is 0.249 e. The fraction of sp³-hybridized carbons (Fsp3) is 0.980. The van der Waals surface area contributed by atoms with Gasteiger partial charge in [-0.2, -0.15) is 0 Å². The van der Waals surface area contributed by atoms with E-state index in [9.17, 15) is 40.5 Å². The van der Waals surface area contributed by atoms with Crippen LogP contribution in [0.1, 0.15) is 245 Å². The molecule has 0 aliphatic carbocycles. The summed E-state index contributed by atoms with van der Waals surface area (Å²) in [5, 5.41) is 75.8. The minimum Gasteiger partial charge on any atom is -0.394 e. The van der Waals surface area contributed by atoms with Crippen molar-refractivity contribution in [2.24, 2.45) is 5.92 Å². The summed E-state index contributed by atoms with van der Waals surface area (Å²) in [5.74, 6) is 0.0536. The smallest absolute Gasteiger partial charge is 0.249 e. The summed E-state index contributed by atoms with van der Waals surface area (Å²) in [6.45, 7) is 5.74. The average molecular weight is 888 g/mol. The molecule has 1 fully saturated rings. The molecule has 370 valence electrons. The number of nitrogens with one attached hydrogen (secondary N) is 1. The second kappa shape index (κ2) is 40.4. The van der Waals surface area contributed by atoms with Crippen LogP contribution in [0.3, 0.4) is 0 Å². The third kappa shape index (κ3) is 30.3. The van der Waals surface area contributed by atoms with E-state index in [1.165, 1.54) is 161 Å². The van der Waals surface area contributed by atoms with Crippen LogP contribution < -0.4 is 5.32 Å². The van der Waals surface area contributed by atoms with Crippen molar-refractivity contribution in [1.82, 2.24) is 5.32 Å². The first-order valence-electron chi connectivity index (χ1n) is 26.3. The van der Waals surface area contributed by atoms with Gasteiger partial charge in [0, 0.05) is 0 Å². The van der Waals surface area contributed by atoms with E-state index in [4.69, 9.17) is 9.47 Å². The van der Waals surface area contributed by atoms with E-state index >= 15 is 0 Å². The van der Waals surface area contributed by atoms with E-state index in [0.717, 1.165) is 44.4 Å². The van der Waals surface area contributed by atoms with Gasteiger partial charge in [-0.05, 0) is 18.8 Å². The standard InChI is InChI=1S/C51H101NO10/c1-4-5-6-7-8-9-10-11-12-13-14-15-16-17-18-19-20-21-22-23-24-29-32-35-38-44(55)50(60)52-42(40-61-51-49(59)48(58)47(57)45(39-53)62-51)46(56)43(54)37-34-31-28-26-25-27-30-33-36-41(2)3/h41-49,51,53-59H,4-40H2,1-3H3,(H,52,60)/t42-,43+,44?,45+,46-,47+,48-,49+,51+/m0/s1. The number of ether oxygens (including phenoxy) is 2. The third-order valence-electron chi connectivity index (χ3n) is 13.1. The molecule has 11 nitrogen and oxygen atoms in total. The lowest BCUT2D eigenvalue weighted by Gasteiger charge is -2.40. The van der Waals surface area contributed by atoms with Crippen molar-refractivity contribution < 1.29 is 50.0 Å². The van der Waals surface area contributed by atoms with E-state index < -0.39 is 74.2 Å². The summed E-state index contributed by atoms with van der Waals surface area (Å²) in [4.78, 5) is 13.1. The highest BCUT2D eigenvalue weighted by atomic mass is 16.7. The molecule has 0 aromatic rings. The summed E-state index contributed by atoms with van der Waals surface area (Å²) in [6.07, 6.45) is 30.4. The number of carbonyl (C=O) groups excluding carboxylic acids is 1. The Hall–Kier alpha value is -0.890. The lowest BCUT2D eigenvalue weighted by Crippen LogP contribution is -2.60. The maximum atomic E-state index is 13.1. The summed E-state index contributed by atoms with van der Waals surface area (Å²) in [6, 6.07) is -1.16. The summed E-state index contributed by atoms with van der Waals surface area (Å²) >= 11 is 0. The van der Waals surface area contributed by atoms with Crippen LogP contribution in [0.25, 0.3) is 0 Å². The quantitative estimate of drug-likeness (QED) is 0.0274. The van der Waals surface area contributed by atoms with Gasteiger partial charge in [0.1, 0.15) is 36.6 Å². The Labute approximate surface area is 379 Å². The van der Waals surface area contributed by atoms with Crippen LogP contribution in [0.4, 0.5) is 0 Å². The molecular weight excluding hydrogens is 787 g/mol. The van der Waals surface area contributed by atoms with Crippen LogP contribution in [0, 0.1) is 5.92 Å². The van der Waals surface area contributed by atoms with E-state index in [1.807, 2.05) is 0 Å². The predicted molar refractivity (Wildman–Crippen MR) is 252 cm³/mol. The number of rotatable bonds is 44. The van der Waals surface area contributed by atoms with Crippen molar-refractivity contribution in [3.63, 3.8) is 0 Å². The third-order valence-corrected chi connectivity index (χ3v) is 13.1. The topological polar surface area (TPSA) is 189 Å². The van der Waals surface area contributed by atoms with Crippen LogP contribution in [0.15, 0.2) is 0 Å². The van der Waals surface area contributed by atoms with Crippen molar-refractivity contribution in [3.8, 4) is 0 Å². The average Bonchev–Trinajstić information content (AvgIpc) is 3.26. The molecule has 1 aliphatic rings. The Kier molecular flexibility index (Phi) is 38.5. The molecule has 0 aromatic heterocycles. The van der Waals surface area contributed by atoms with E-state index in [2.05, 4.69) is 26.1 Å². The van der Waals surface area contributed by atoms with Gasteiger partial charge in [-0.25, -0.2) is 0 Å². The lowest BCUT2D eigenvalue weighted by atomic mass is 9.98. The summed E-state index contributed by atoms with van der Waals surface area (Å²) in [7, 11) is 0. The van der Waals surface area contributed by atoms with Crippen LogP contribution in [0.5, 0.6) is 0 Å². The molecule has 1 amide bonds. The monoisotopic (exact) mass is 888 g/mol. The van der Waals surface area contributed by atoms with Crippen molar-refractivity contribution >= 4 is 5.91 Å². The summed E-state index contributed by atoms with van der Waals surface area (Å²) < 4.78 is 11.1. The highest BCUT2D eigenvalue weighted by molar-refractivity contribution is 5.80. The molecule has 0 radical (unpaired) electrons. The van der Waals surface area contributed by atoms with Crippen LogP contribution in [-0.4, -0.2) is 110 Å². The summed E-state index contributed by atoms with van der Waals surface area (Å²) in [5.41, 5.74) is 0. The molecule has 1 aliphatic heterocycles. The highest BCUT2D eigenvalue weighted by Gasteiger charge is 2.44. The molecule has 1 unspecified atom stereocenters. The first-order valence-corrected chi connectivity index (χ1v) is 26.3. The maximum absolute atomic E-state index is 13.1. The largest absolute Gasteiger partial charge is 0.394 e. The van der Waals surface area contributed by atoms with Crippen LogP contribution >= 0.6 is 0 Å². The van der Waals surface area contributed by atoms with Gasteiger partial charge in [0.15, 0.2) is 6.29 Å². The Morgan fingerprint density at radius 1 is 0.532 bits per heavy atom. The second-order valence-electron chi connectivity index (χ2n) is 19.4. The second-order valence-corrected chi connectivity index (χ2v) is 19.4. The molecule has 1 heterocycles. The van der Waals surface area contributed by atoms with Gasteiger partial charge in [0.2, 0.25) is 5.91 Å². The molecule has 8 N–H and O–H groups in total. The van der Waals surface area contributed by atoms with Crippen molar-refractivity contribution in [2.75, 3.05) is 13.2 Å². The first-order chi connectivity index (χ1) is 30.0. The van der Waals surface area contributed by atoms with Gasteiger partial charge >= 0.3 is 0 Å². The molecule has 0 saturated carbocycles. The number of aliphatic hydroxyl groups is 7. The molecule has 0 aromatic carbocycles. The van der Waals surface area contributed by atoms with Crippen LogP contribution in [0.2, 0.25) is 0 Å². The van der Waals surface area contributed by atoms with E-state index in [1.54, 1.807) is 0 Å². The number of aliphatic hydroxyl groups excluding tert-OH is 7. The van der Waals surface area contributed by atoms with Gasteiger partial charge in [-0.3, -0.25) is 4.79 Å². The molecule has 9 atom stereocenters. The number of amides is 1. The van der Waals surface area contributed by atoms with E-state index in [-0.39, 0.29) is 6.42 Å². The van der Waals surface area contributed by atoms with E-state index in [0.29, 0.717) is 19.3 Å². The van der Waals surface area contributed by atoms with Gasteiger partial charge in [0.25, 0.3) is 0 Å². The van der Waals surface area contributed by atoms with Gasteiger partial charge in [0.05, 0.1) is 25.4 Å². The number of hydrogen-bond donors (Lipinski definition) is 8. The van der Waals surface area contributed by atoms with Crippen molar-refractivity contribution in [1.29, 1.82) is 0 Å². The Morgan fingerprint density at radius 3 is 1.29 bits per heavy atom. The van der Waals surface area contributed by atoms with Gasteiger partial charge < -0.3 is 50.5 Å². The minimum absolute atomic E-state index is 0.266. The lowest BCUT2D eigenvalue weighted by molar-refractivity contribution is -0.303. The SMILES string of the molecule is CCCCCCCCCCCCCCCCCCCCCCCCCCC(O)C(=O)N[C@@H](CO[C@@H]1O[C@H](CO)[C@@H](O)[C@H](O)[C@H]1O)[C@H](O)[C@H](O)CCCCCCCCCCC(C)C. The number of carbonyl (C=O) groups is 1. The number of hydrogen-bond acceptors (Lipinski definition) is 10. The molecule has 1 rings (SSSR count). The van der Waals surface area contributed by atoms with Gasteiger partial charge in [-0.15, -0.1) is 0 Å². The fourth-order valence-electron chi connectivity index (χ4n) is 8.74. The number of unbranched alkanes of at least 4 members (excludes halogenated alkanes) is 30. The highest BCUT2D eigenvalue weighted by Crippen LogP contribution is 2.23. The molecule has 11 heteroatoms. The zero-order valence-electron chi connectivity index (χ0n) is 40.3. The predicted octanol–water partition coefficient (Wildman–Crippen LogP) is 9.70. The Balaban J connectivity index is 2.29. The minimum atomic E-state index is -1.66. The Bertz CT molecular complexity index is 988. The van der Waals surface area contributed by atoms with Crippen molar-refractivity contribution in [2.45, 2.75) is 301 Å². The molecule has 0 bridgehead atoms. The Morgan fingerprint density at radius 2 is 0.903 bits per heavy atom. The molecule has 1 saturated heterocycles. The van der Waals surface area contributed by atoms with Gasteiger partial charge in [-0.1, -0.05) is 233 Å². The normalized spacial score (nSPS) is 21.3. The molecule has 0 spiro atoms. The zero-order chi connectivity index (χ0) is 45.6. The van der Waals surface area contributed by atoms with Crippen LogP contribution in [-0.2, 0) is 14.3 Å². The molecular formula is C51H101NO10. The molecule has 62 heavy (non-hydrogen) atoms.